The van der Waals surface area contributed by atoms with Crippen molar-refractivity contribution in [2.24, 2.45) is 5.92 Å². The summed E-state index contributed by atoms with van der Waals surface area (Å²) >= 11 is 0. The fraction of sp³-hybridized carbons (Fsp3) is 0.625. The van der Waals surface area contributed by atoms with Crippen LogP contribution in [0, 0.1) is 5.92 Å². The lowest BCUT2D eigenvalue weighted by Gasteiger charge is -2.27. The highest BCUT2D eigenvalue weighted by Gasteiger charge is 2.22. The lowest BCUT2D eigenvalue weighted by atomic mass is 10.0. The van der Waals surface area contributed by atoms with Crippen LogP contribution in [0.25, 0.3) is 0 Å². The SMILES string of the molecule is CCCNC(CN1Cc2ccccc2C1)C(C)C. The summed E-state index contributed by atoms with van der Waals surface area (Å²) in [5.74, 6) is 0.695. The molecule has 0 saturated heterocycles. The smallest absolute Gasteiger partial charge is 0.0241 e. The molecule has 1 aromatic rings. The van der Waals surface area contributed by atoms with Gasteiger partial charge in [0.2, 0.25) is 0 Å². The van der Waals surface area contributed by atoms with Crippen LogP contribution < -0.4 is 5.32 Å². The first kappa shape index (κ1) is 13.6. The van der Waals surface area contributed by atoms with Gasteiger partial charge in [-0.25, -0.2) is 0 Å². The van der Waals surface area contributed by atoms with E-state index in [1.807, 2.05) is 0 Å². The van der Waals surface area contributed by atoms with E-state index in [4.69, 9.17) is 0 Å². The predicted molar refractivity (Wildman–Crippen MR) is 77.5 cm³/mol. The van der Waals surface area contributed by atoms with Gasteiger partial charge in [-0.05, 0) is 30.0 Å². The second kappa shape index (κ2) is 6.35. The summed E-state index contributed by atoms with van der Waals surface area (Å²) in [6.07, 6.45) is 1.21. The van der Waals surface area contributed by atoms with Crippen LogP contribution in [0.4, 0.5) is 0 Å². The van der Waals surface area contributed by atoms with Crippen LogP contribution in [-0.2, 0) is 13.1 Å². The molecule has 0 aliphatic carbocycles. The highest BCUT2D eigenvalue weighted by molar-refractivity contribution is 5.30. The van der Waals surface area contributed by atoms with E-state index < -0.39 is 0 Å². The molecule has 0 aromatic heterocycles. The first-order valence-corrected chi connectivity index (χ1v) is 7.23. The molecule has 1 atom stereocenters. The highest BCUT2D eigenvalue weighted by atomic mass is 15.2. The average molecular weight is 246 g/mol. The quantitative estimate of drug-likeness (QED) is 0.830. The van der Waals surface area contributed by atoms with Crippen LogP contribution in [0.5, 0.6) is 0 Å². The first-order valence-electron chi connectivity index (χ1n) is 7.23. The second-order valence-electron chi connectivity index (χ2n) is 5.74. The molecule has 0 spiro atoms. The van der Waals surface area contributed by atoms with Crippen molar-refractivity contribution in [3.63, 3.8) is 0 Å². The van der Waals surface area contributed by atoms with Crippen molar-refractivity contribution in [3.05, 3.63) is 35.4 Å². The molecule has 1 aromatic carbocycles. The van der Waals surface area contributed by atoms with Crippen LogP contribution in [0.1, 0.15) is 38.3 Å². The molecular weight excluding hydrogens is 220 g/mol. The molecule has 2 rings (SSSR count). The Morgan fingerprint density at radius 2 is 1.78 bits per heavy atom. The molecule has 18 heavy (non-hydrogen) atoms. The van der Waals surface area contributed by atoms with Gasteiger partial charge in [-0.3, -0.25) is 4.90 Å². The Labute approximate surface area is 111 Å². The van der Waals surface area contributed by atoms with E-state index >= 15 is 0 Å². The van der Waals surface area contributed by atoms with Gasteiger partial charge >= 0.3 is 0 Å². The van der Waals surface area contributed by atoms with Gasteiger partial charge in [-0.15, -0.1) is 0 Å². The molecule has 2 nitrogen and oxygen atoms in total. The largest absolute Gasteiger partial charge is 0.312 e. The van der Waals surface area contributed by atoms with Gasteiger partial charge in [0, 0.05) is 25.7 Å². The summed E-state index contributed by atoms with van der Waals surface area (Å²) in [5.41, 5.74) is 3.02. The van der Waals surface area contributed by atoms with Crippen molar-refractivity contribution in [1.29, 1.82) is 0 Å². The second-order valence-corrected chi connectivity index (χ2v) is 5.74. The van der Waals surface area contributed by atoms with Crippen LogP contribution in [0.15, 0.2) is 24.3 Å². The number of rotatable bonds is 6. The third-order valence-corrected chi connectivity index (χ3v) is 3.82. The van der Waals surface area contributed by atoms with E-state index in [1.165, 1.54) is 17.5 Å². The van der Waals surface area contributed by atoms with Crippen LogP contribution in [0.3, 0.4) is 0 Å². The number of nitrogens with one attached hydrogen (secondary N) is 1. The number of benzene rings is 1. The third-order valence-electron chi connectivity index (χ3n) is 3.82. The van der Waals surface area contributed by atoms with E-state index in [0.717, 1.165) is 26.2 Å². The topological polar surface area (TPSA) is 15.3 Å². The maximum absolute atomic E-state index is 3.68. The van der Waals surface area contributed by atoms with E-state index in [1.54, 1.807) is 0 Å². The summed E-state index contributed by atoms with van der Waals surface area (Å²) in [5, 5.41) is 3.68. The fourth-order valence-electron chi connectivity index (χ4n) is 2.65. The fourth-order valence-corrected chi connectivity index (χ4v) is 2.65. The molecule has 100 valence electrons. The maximum atomic E-state index is 3.68. The van der Waals surface area contributed by atoms with Crippen LogP contribution >= 0.6 is 0 Å². The maximum Gasteiger partial charge on any atom is 0.0241 e. The molecule has 1 unspecified atom stereocenters. The minimum atomic E-state index is 0.610. The zero-order valence-corrected chi connectivity index (χ0v) is 11.9. The van der Waals surface area contributed by atoms with Crippen molar-refractivity contribution < 1.29 is 0 Å². The molecule has 2 heteroatoms. The predicted octanol–water partition coefficient (Wildman–Crippen LogP) is 3.03. The summed E-state index contributed by atoms with van der Waals surface area (Å²) < 4.78 is 0. The zero-order chi connectivity index (χ0) is 13.0. The Morgan fingerprint density at radius 3 is 2.28 bits per heavy atom. The standard InChI is InChI=1S/C16H26N2/c1-4-9-17-16(13(2)3)12-18-10-14-7-5-6-8-15(14)11-18/h5-8,13,16-17H,4,9-12H2,1-3H3. The average Bonchev–Trinajstić information content (AvgIpc) is 2.76. The molecule has 0 amide bonds. The van der Waals surface area contributed by atoms with Crippen molar-refractivity contribution in [1.82, 2.24) is 10.2 Å². The molecule has 0 bridgehead atoms. The minimum Gasteiger partial charge on any atom is -0.312 e. The van der Waals surface area contributed by atoms with Gasteiger partial charge in [-0.1, -0.05) is 45.0 Å². The van der Waals surface area contributed by atoms with Crippen molar-refractivity contribution in [2.45, 2.75) is 46.3 Å². The zero-order valence-electron chi connectivity index (χ0n) is 11.9. The highest BCUT2D eigenvalue weighted by Crippen LogP contribution is 2.22. The van der Waals surface area contributed by atoms with Gasteiger partial charge in [0.15, 0.2) is 0 Å². The molecular formula is C16H26N2. The molecule has 1 heterocycles. The van der Waals surface area contributed by atoms with Gasteiger partial charge < -0.3 is 5.32 Å². The van der Waals surface area contributed by atoms with Crippen molar-refractivity contribution in [2.75, 3.05) is 13.1 Å². The summed E-state index contributed by atoms with van der Waals surface area (Å²) in [6.45, 7) is 11.4. The van der Waals surface area contributed by atoms with E-state index in [0.29, 0.717) is 12.0 Å². The monoisotopic (exact) mass is 246 g/mol. The number of hydrogen-bond donors (Lipinski definition) is 1. The van der Waals surface area contributed by atoms with Gasteiger partial charge in [0.05, 0.1) is 0 Å². The van der Waals surface area contributed by atoms with Gasteiger partial charge in [-0.2, -0.15) is 0 Å². The van der Waals surface area contributed by atoms with E-state index in [9.17, 15) is 0 Å². The summed E-state index contributed by atoms with van der Waals surface area (Å²) in [4.78, 5) is 2.57. The van der Waals surface area contributed by atoms with Crippen LogP contribution in [-0.4, -0.2) is 24.0 Å². The molecule has 1 aliphatic rings. The number of hydrogen-bond acceptors (Lipinski definition) is 2. The van der Waals surface area contributed by atoms with Crippen molar-refractivity contribution in [3.8, 4) is 0 Å². The molecule has 1 N–H and O–H groups in total. The minimum absolute atomic E-state index is 0.610. The molecule has 0 fully saturated rings. The lowest BCUT2D eigenvalue weighted by Crippen LogP contribution is -2.43. The Hall–Kier alpha value is -0.860. The van der Waals surface area contributed by atoms with Crippen molar-refractivity contribution >= 4 is 0 Å². The Kier molecular flexibility index (Phi) is 4.79. The first-order chi connectivity index (χ1) is 8.70. The summed E-state index contributed by atoms with van der Waals surface area (Å²) in [6, 6.07) is 9.44. The number of nitrogens with zero attached hydrogens (tertiary/aromatic N) is 1. The number of fused-ring (bicyclic) bond motifs is 1. The Bertz CT molecular complexity index is 348. The van der Waals surface area contributed by atoms with Crippen LogP contribution in [0.2, 0.25) is 0 Å². The van der Waals surface area contributed by atoms with Gasteiger partial charge in [0.1, 0.15) is 0 Å². The van der Waals surface area contributed by atoms with E-state index in [2.05, 4.69) is 55.3 Å². The van der Waals surface area contributed by atoms with Gasteiger partial charge in [0.25, 0.3) is 0 Å². The molecule has 1 aliphatic heterocycles. The Balaban J connectivity index is 1.90. The molecule has 0 radical (unpaired) electrons. The third kappa shape index (κ3) is 3.33. The normalized spacial score (nSPS) is 17.1. The molecule has 0 saturated carbocycles. The van der Waals surface area contributed by atoms with E-state index in [-0.39, 0.29) is 0 Å². The Morgan fingerprint density at radius 1 is 1.17 bits per heavy atom. The lowest BCUT2D eigenvalue weighted by molar-refractivity contribution is 0.221. The summed E-state index contributed by atoms with van der Waals surface area (Å²) in [7, 11) is 0.